The van der Waals surface area contributed by atoms with Gasteiger partial charge in [-0.25, -0.2) is 9.50 Å². The Morgan fingerprint density at radius 3 is 2.66 bits per heavy atom. The van der Waals surface area contributed by atoms with Crippen LogP contribution in [0.5, 0.6) is 5.75 Å². The molecular formula is C21H16Cl2N4O2. The number of nitrogens with one attached hydrogen (secondary N) is 1. The number of carbonyl (C=O) groups excluding carboxylic acids is 1. The lowest BCUT2D eigenvalue weighted by Crippen LogP contribution is -2.16. The molecule has 6 nitrogen and oxygen atoms in total. The zero-order chi connectivity index (χ0) is 20.5. The zero-order valence-corrected chi connectivity index (χ0v) is 17.1. The Labute approximate surface area is 177 Å². The molecule has 0 bridgehead atoms. The summed E-state index contributed by atoms with van der Waals surface area (Å²) in [6.07, 6.45) is 3.25. The van der Waals surface area contributed by atoms with Crippen molar-refractivity contribution in [2.75, 3.05) is 12.4 Å². The second-order valence-corrected chi connectivity index (χ2v) is 7.23. The van der Waals surface area contributed by atoms with Crippen LogP contribution in [-0.4, -0.2) is 27.6 Å². The Morgan fingerprint density at radius 2 is 1.90 bits per heavy atom. The highest BCUT2D eigenvalue weighted by Gasteiger charge is 2.18. The van der Waals surface area contributed by atoms with Gasteiger partial charge >= 0.3 is 0 Å². The van der Waals surface area contributed by atoms with Gasteiger partial charge in [0.2, 0.25) is 0 Å². The molecule has 2 heterocycles. The van der Waals surface area contributed by atoms with Crippen LogP contribution in [0.25, 0.3) is 16.8 Å². The second-order valence-electron chi connectivity index (χ2n) is 6.36. The van der Waals surface area contributed by atoms with E-state index in [4.69, 9.17) is 27.9 Å². The first-order valence-electron chi connectivity index (χ1n) is 8.72. The van der Waals surface area contributed by atoms with Gasteiger partial charge in [-0.15, -0.1) is 0 Å². The highest BCUT2D eigenvalue weighted by Crippen LogP contribution is 2.29. The number of ether oxygens (including phenoxy) is 1. The molecule has 8 heteroatoms. The lowest BCUT2D eigenvalue weighted by atomic mass is 10.1. The van der Waals surface area contributed by atoms with E-state index in [1.165, 1.54) is 13.3 Å². The number of aryl methyl sites for hydroxylation is 1. The van der Waals surface area contributed by atoms with Crippen LogP contribution in [0.2, 0.25) is 10.0 Å². The van der Waals surface area contributed by atoms with Gasteiger partial charge in [-0.1, -0.05) is 35.3 Å². The predicted octanol–water partition coefficient (Wildman–Crippen LogP) is 5.27. The van der Waals surface area contributed by atoms with Gasteiger partial charge in [0.25, 0.3) is 5.91 Å². The number of hydrogen-bond donors (Lipinski definition) is 1. The largest absolute Gasteiger partial charge is 0.495 e. The first-order chi connectivity index (χ1) is 14.0. The minimum absolute atomic E-state index is 0.336. The van der Waals surface area contributed by atoms with Crippen LogP contribution in [0.15, 0.2) is 54.9 Å². The minimum Gasteiger partial charge on any atom is -0.495 e. The molecule has 1 N–H and O–H groups in total. The van der Waals surface area contributed by atoms with E-state index in [0.29, 0.717) is 38.4 Å². The van der Waals surface area contributed by atoms with Crippen molar-refractivity contribution >= 4 is 40.4 Å². The smallest absolute Gasteiger partial charge is 0.259 e. The van der Waals surface area contributed by atoms with Crippen LogP contribution >= 0.6 is 23.2 Å². The van der Waals surface area contributed by atoms with Gasteiger partial charge in [0.15, 0.2) is 5.65 Å². The molecule has 2 aromatic carbocycles. The number of rotatable bonds is 4. The summed E-state index contributed by atoms with van der Waals surface area (Å²) < 4.78 is 6.92. The van der Waals surface area contributed by atoms with Gasteiger partial charge in [-0.05, 0) is 42.8 Å². The number of anilines is 1. The van der Waals surface area contributed by atoms with Gasteiger partial charge in [0.1, 0.15) is 5.75 Å². The third-order valence-electron chi connectivity index (χ3n) is 4.56. The van der Waals surface area contributed by atoms with Crippen molar-refractivity contribution in [3.63, 3.8) is 0 Å². The summed E-state index contributed by atoms with van der Waals surface area (Å²) in [6, 6.07) is 12.5. The standard InChI is InChI=1S/C21H16Cl2N4O2/c1-12-16(21(28)26-18-9-15(23)6-7-19(18)29-2)10-24-20-17(11-25-27(12)20)13-4-3-5-14(22)8-13/h3-11H,1-2H3,(H,26,28). The van der Waals surface area contributed by atoms with E-state index in [0.717, 1.165) is 11.1 Å². The third kappa shape index (κ3) is 3.64. The van der Waals surface area contributed by atoms with Crippen molar-refractivity contribution < 1.29 is 9.53 Å². The van der Waals surface area contributed by atoms with E-state index in [1.54, 1.807) is 28.9 Å². The van der Waals surface area contributed by atoms with E-state index >= 15 is 0 Å². The van der Waals surface area contributed by atoms with E-state index in [9.17, 15) is 4.79 Å². The number of benzene rings is 2. The molecule has 0 aliphatic rings. The number of carbonyl (C=O) groups is 1. The SMILES string of the molecule is COc1ccc(Cl)cc1NC(=O)c1cnc2c(-c3cccc(Cl)c3)cnn2c1C. The molecule has 4 rings (SSSR count). The van der Waals surface area contributed by atoms with E-state index < -0.39 is 0 Å². The van der Waals surface area contributed by atoms with Crippen LogP contribution in [0.3, 0.4) is 0 Å². The number of halogens is 2. The molecule has 0 radical (unpaired) electrons. The summed E-state index contributed by atoms with van der Waals surface area (Å²) in [4.78, 5) is 17.3. The molecule has 0 atom stereocenters. The Bertz CT molecular complexity index is 1240. The highest BCUT2D eigenvalue weighted by atomic mass is 35.5. The number of nitrogens with zero attached hydrogens (tertiary/aromatic N) is 3. The van der Waals surface area contributed by atoms with Crippen LogP contribution in [0.1, 0.15) is 16.1 Å². The maximum Gasteiger partial charge on any atom is 0.259 e. The van der Waals surface area contributed by atoms with Crippen molar-refractivity contribution in [2.24, 2.45) is 0 Å². The van der Waals surface area contributed by atoms with Crippen LogP contribution in [0.4, 0.5) is 5.69 Å². The quantitative estimate of drug-likeness (QED) is 0.482. The Balaban J connectivity index is 1.72. The number of aromatic nitrogens is 3. The first kappa shape index (κ1) is 19.2. The van der Waals surface area contributed by atoms with Gasteiger partial charge in [0, 0.05) is 21.8 Å². The zero-order valence-electron chi connectivity index (χ0n) is 15.6. The molecule has 1 amide bonds. The fraction of sp³-hybridized carbons (Fsp3) is 0.0952. The molecule has 0 aliphatic carbocycles. The summed E-state index contributed by atoms with van der Waals surface area (Å²) >= 11 is 12.1. The lowest BCUT2D eigenvalue weighted by Gasteiger charge is -2.12. The average molecular weight is 427 g/mol. The topological polar surface area (TPSA) is 68.5 Å². The molecule has 0 saturated carbocycles. The molecule has 29 heavy (non-hydrogen) atoms. The maximum atomic E-state index is 12.9. The van der Waals surface area contributed by atoms with Gasteiger partial charge < -0.3 is 10.1 Å². The summed E-state index contributed by atoms with van der Waals surface area (Å²) in [5.41, 5.74) is 3.90. The Hall–Kier alpha value is -3.09. The summed E-state index contributed by atoms with van der Waals surface area (Å²) in [5, 5.41) is 8.35. The average Bonchev–Trinajstić information content (AvgIpc) is 3.13. The van der Waals surface area contributed by atoms with Gasteiger partial charge in [-0.2, -0.15) is 5.10 Å². The Kier molecular flexibility index (Phi) is 5.13. The molecule has 0 spiro atoms. The molecule has 0 aliphatic heterocycles. The van der Waals surface area contributed by atoms with Crippen LogP contribution in [0, 0.1) is 6.92 Å². The van der Waals surface area contributed by atoms with Crippen LogP contribution < -0.4 is 10.1 Å². The second kappa shape index (κ2) is 7.73. The molecular weight excluding hydrogens is 411 g/mol. The monoisotopic (exact) mass is 426 g/mol. The third-order valence-corrected chi connectivity index (χ3v) is 5.03. The summed E-state index contributed by atoms with van der Waals surface area (Å²) in [7, 11) is 1.53. The molecule has 146 valence electrons. The Morgan fingerprint density at radius 1 is 1.10 bits per heavy atom. The van der Waals surface area contributed by atoms with Crippen LogP contribution in [-0.2, 0) is 0 Å². The van der Waals surface area contributed by atoms with E-state index in [1.807, 2.05) is 31.2 Å². The first-order valence-corrected chi connectivity index (χ1v) is 9.47. The maximum absolute atomic E-state index is 12.9. The molecule has 2 aromatic heterocycles. The van der Waals surface area contributed by atoms with Gasteiger partial charge in [0.05, 0.1) is 30.3 Å². The molecule has 0 unspecified atom stereocenters. The molecule has 0 fully saturated rings. The minimum atomic E-state index is -0.336. The number of methoxy groups -OCH3 is 1. The predicted molar refractivity (Wildman–Crippen MR) is 114 cm³/mol. The van der Waals surface area contributed by atoms with Crippen molar-refractivity contribution in [1.82, 2.24) is 14.6 Å². The van der Waals surface area contributed by atoms with Crippen molar-refractivity contribution in [1.29, 1.82) is 0 Å². The van der Waals surface area contributed by atoms with Crippen molar-refractivity contribution in [2.45, 2.75) is 6.92 Å². The van der Waals surface area contributed by atoms with E-state index in [-0.39, 0.29) is 5.91 Å². The highest BCUT2D eigenvalue weighted by molar-refractivity contribution is 6.31. The molecule has 4 aromatic rings. The van der Waals surface area contributed by atoms with Crippen molar-refractivity contribution in [3.8, 4) is 16.9 Å². The number of amides is 1. The fourth-order valence-electron chi connectivity index (χ4n) is 3.09. The van der Waals surface area contributed by atoms with E-state index in [2.05, 4.69) is 15.4 Å². The fourth-order valence-corrected chi connectivity index (χ4v) is 3.46. The summed E-state index contributed by atoms with van der Waals surface area (Å²) in [6.45, 7) is 1.81. The molecule has 0 saturated heterocycles. The lowest BCUT2D eigenvalue weighted by molar-refractivity contribution is 0.102. The summed E-state index contributed by atoms with van der Waals surface area (Å²) in [5.74, 6) is 0.175. The normalized spacial score (nSPS) is 10.9. The number of hydrogen-bond acceptors (Lipinski definition) is 4. The van der Waals surface area contributed by atoms with Crippen molar-refractivity contribution in [3.05, 3.63) is 76.2 Å². The number of fused-ring (bicyclic) bond motifs is 1. The van der Waals surface area contributed by atoms with Gasteiger partial charge in [-0.3, -0.25) is 4.79 Å².